The number of rotatable bonds is 4. The van der Waals surface area contributed by atoms with Crippen molar-refractivity contribution in [3.63, 3.8) is 0 Å². The fourth-order valence-corrected chi connectivity index (χ4v) is 3.90. The molecule has 0 amide bonds. The Morgan fingerprint density at radius 1 is 0.935 bits per heavy atom. The average Bonchev–Trinajstić information content (AvgIpc) is 3.24. The number of ketones is 1. The maximum Gasteiger partial charge on any atom is 0.263 e. The summed E-state index contributed by atoms with van der Waals surface area (Å²) in [7, 11) is 0. The Morgan fingerprint density at radius 2 is 1.61 bits per heavy atom. The zero-order valence-corrected chi connectivity index (χ0v) is 17.0. The van der Waals surface area contributed by atoms with Gasteiger partial charge in [0.2, 0.25) is 0 Å². The monoisotopic (exact) mass is 417 g/mol. The van der Waals surface area contributed by atoms with E-state index in [1.54, 1.807) is 19.1 Å². The number of carbonyl (C=O) groups is 1. The lowest BCUT2D eigenvalue weighted by Crippen LogP contribution is -2.46. The summed E-state index contributed by atoms with van der Waals surface area (Å²) in [6.07, 6.45) is 1.48. The number of carbonyl (C=O) groups excluding carboxylic acids is 1. The largest absolute Gasteiger partial charge is 0.368 e. The first-order valence-corrected chi connectivity index (χ1v) is 10.1. The Balaban J connectivity index is 1.40. The number of anilines is 2. The highest BCUT2D eigenvalue weighted by Crippen LogP contribution is 2.33. The zero-order chi connectivity index (χ0) is 21.4. The molecule has 1 aliphatic heterocycles. The molecular weight excluding hydrogens is 397 g/mol. The third-order valence-corrected chi connectivity index (χ3v) is 5.59. The molecule has 0 atom stereocenters. The van der Waals surface area contributed by atoms with Gasteiger partial charge in [-0.1, -0.05) is 5.16 Å². The van der Waals surface area contributed by atoms with Gasteiger partial charge in [-0.3, -0.25) is 4.79 Å². The lowest BCUT2D eigenvalue weighted by Gasteiger charge is -2.36. The van der Waals surface area contributed by atoms with Crippen LogP contribution in [0.4, 0.5) is 15.9 Å². The van der Waals surface area contributed by atoms with Crippen molar-refractivity contribution in [3.05, 3.63) is 66.2 Å². The summed E-state index contributed by atoms with van der Waals surface area (Å²) in [5.74, 6) is 0.521. The summed E-state index contributed by atoms with van der Waals surface area (Å²) in [6, 6.07) is 13.8. The number of hydrogen-bond acceptors (Lipinski definition) is 7. The number of aromatic nitrogens is 3. The summed E-state index contributed by atoms with van der Waals surface area (Å²) < 4.78 is 18.8. The molecule has 2 aromatic carbocycles. The molecule has 1 saturated heterocycles. The van der Waals surface area contributed by atoms with Gasteiger partial charge < -0.3 is 14.3 Å². The Morgan fingerprint density at radius 3 is 2.29 bits per heavy atom. The average molecular weight is 417 g/mol. The predicted octanol–water partition coefficient (Wildman–Crippen LogP) is 3.95. The number of piperazine rings is 1. The van der Waals surface area contributed by atoms with E-state index in [1.807, 2.05) is 24.3 Å². The molecule has 0 aliphatic carbocycles. The van der Waals surface area contributed by atoms with Gasteiger partial charge in [0.05, 0.1) is 0 Å². The molecule has 0 N–H and O–H groups in total. The molecule has 5 rings (SSSR count). The van der Waals surface area contributed by atoms with E-state index in [0.717, 1.165) is 48.6 Å². The summed E-state index contributed by atoms with van der Waals surface area (Å²) in [5, 5.41) is 4.90. The molecule has 2 aromatic heterocycles. The zero-order valence-electron chi connectivity index (χ0n) is 17.0. The number of hydrogen-bond donors (Lipinski definition) is 0. The number of Topliss-reactive ketones (excluding diaryl/α,β-unsaturated/α-hetero) is 1. The topological polar surface area (TPSA) is 75.4 Å². The Labute approximate surface area is 178 Å². The molecule has 0 bridgehead atoms. The molecule has 3 heterocycles. The summed E-state index contributed by atoms with van der Waals surface area (Å²) in [5.41, 5.74) is 3.57. The highest BCUT2D eigenvalue weighted by atomic mass is 19.1. The van der Waals surface area contributed by atoms with E-state index in [2.05, 4.69) is 24.9 Å². The first-order valence-electron chi connectivity index (χ1n) is 10.1. The highest BCUT2D eigenvalue weighted by Gasteiger charge is 2.24. The fraction of sp³-hybridized carbons (Fsp3) is 0.217. The number of benzene rings is 2. The van der Waals surface area contributed by atoms with Gasteiger partial charge in [0.15, 0.2) is 5.78 Å². The quantitative estimate of drug-likeness (QED) is 0.465. The molecule has 8 heteroatoms. The van der Waals surface area contributed by atoms with Gasteiger partial charge in [0, 0.05) is 43.0 Å². The van der Waals surface area contributed by atoms with Crippen LogP contribution in [0.1, 0.15) is 17.3 Å². The maximum absolute atomic E-state index is 13.4. The molecule has 0 saturated carbocycles. The minimum atomic E-state index is -0.305. The number of nitrogens with zero attached hydrogens (tertiary/aromatic N) is 5. The van der Waals surface area contributed by atoms with Gasteiger partial charge in [0.1, 0.15) is 29.0 Å². The summed E-state index contributed by atoms with van der Waals surface area (Å²) in [6.45, 7) is 4.70. The van der Waals surface area contributed by atoms with Crippen LogP contribution in [0.25, 0.3) is 22.4 Å². The second-order valence-corrected chi connectivity index (χ2v) is 7.49. The van der Waals surface area contributed by atoms with Crippen LogP contribution in [0.3, 0.4) is 0 Å². The normalized spacial score (nSPS) is 14.3. The Kier molecular flexibility index (Phi) is 4.82. The van der Waals surface area contributed by atoms with Crippen LogP contribution in [-0.2, 0) is 0 Å². The second kappa shape index (κ2) is 7.79. The predicted molar refractivity (Wildman–Crippen MR) is 116 cm³/mol. The standard InChI is InChI=1S/C23H20FN5O2/c1-15(30)16-4-8-19(9-5-16)28-10-12-29(13-11-28)22-20-21(17-2-6-18(24)7-3-17)27-31-23(20)26-14-25-22/h2-9,14H,10-13H2,1H3. The van der Waals surface area contributed by atoms with E-state index < -0.39 is 0 Å². The number of fused-ring (bicyclic) bond motifs is 1. The third-order valence-electron chi connectivity index (χ3n) is 5.59. The van der Waals surface area contributed by atoms with E-state index in [0.29, 0.717) is 17.0 Å². The first-order chi connectivity index (χ1) is 15.1. The maximum atomic E-state index is 13.4. The van der Waals surface area contributed by atoms with Crippen LogP contribution >= 0.6 is 0 Å². The van der Waals surface area contributed by atoms with Crippen molar-refractivity contribution in [2.45, 2.75) is 6.92 Å². The van der Waals surface area contributed by atoms with E-state index >= 15 is 0 Å². The van der Waals surface area contributed by atoms with Gasteiger partial charge in [-0.2, -0.15) is 4.98 Å². The van der Waals surface area contributed by atoms with Crippen molar-refractivity contribution in [2.75, 3.05) is 36.0 Å². The van der Waals surface area contributed by atoms with Crippen LogP contribution in [-0.4, -0.2) is 47.1 Å². The molecule has 0 spiro atoms. The molecular formula is C23H20FN5O2. The van der Waals surface area contributed by atoms with Crippen molar-refractivity contribution < 1.29 is 13.7 Å². The van der Waals surface area contributed by atoms with Crippen LogP contribution < -0.4 is 9.80 Å². The van der Waals surface area contributed by atoms with Gasteiger partial charge in [-0.05, 0) is 55.5 Å². The SMILES string of the molecule is CC(=O)c1ccc(N2CCN(c3ncnc4onc(-c5ccc(F)cc5)c34)CC2)cc1. The second-order valence-electron chi connectivity index (χ2n) is 7.49. The molecule has 7 nitrogen and oxygen atoms in total. The van der Waals surface area contributed by atoms with E-state index in [9.17, 15) is 9.18 Å². The molecule has 4 aromatic rings. The summed E-state index contributed by atoms with van der Waals surface area (Å²) in [4.78, 5) is 24.7. The van der Waals surface area contributed by atoms with Gasteiger partial charge in [-0.25, -0.2) is 9.37 Å². The Bertz CT molecular complexity index is 1230. The van der Waals surface area contributed by atoms with E-state index in [-0.39, 0.29) is 11.6 Å². The van der Waals surface area contributed by atoms with Crippen LogP contribution in [0, 0.1) is 5.82 Å². The number of halogens is 1. The van der Waals surface area contributed by atoms with Gasteiger partial charge >= 0.3 is 0 Å². The van der Waals surface area contributed by atoms with Crippen LogP contribution in [0.15, 0.2) is 59.4 Å². The molecule has 31 heavy (non-hydrogen) atoms. The van der Waals surface area contributed by atoms with Gasteiger partial charge in [0.25, 0.3) is 5.71 Å². The van der Waals surface area contributed by atoms with Crippen molar-refractivity contribution in [3.8, 4) is 11.3 Å². The molecule has 0 unspecified atom stereocenters. The third kappa shape index (κ3) is 3.61. The Hall–Kier alpha value is -3.81. The minimum absolute atomic E-state index is 0.0647. The van der Waals surface area contributed by atoms with Crippen LogP contribution in [0.5, 0.6) is 0 Å². The highest BCUT2D eigenvalue weighted by molar-refractivity contribution is 5.98. The molecule has 156 valence electrons. The first kappa shape index (κ1) is 19.2. The minimum Gasteiger partial charge on any atom is -0.368 e. The molecule has 1 fully saturated rings. The van der Waals surface area contributed by atoms with Crippen molar-refractivity contribution >= 4 is 28.4 Å². The molecule has 0 radical (unpaired) electrons. The smallest absolute Gasteiger partial charge is 0.263 e. The lowest BCUT2D eigenvalue weighted by atomic mass is 10.1. The fourth-order valence-electron chi connectivity index (χ4n) is 3.90. The molecule has 1 aliphatic rings. The van der Waals surface area contributed by atoms with E-state index in [1.165, 1.54) is 18.5 Å². The van der Waals surface area contributed by atoms with Crippen molar-refractivity contribution in [2.24, 2.45) is 0 Å². The van der Waals surface area contributed by atoms with Crippen molar-refractivity contribution in [1.29, 1.82) is 0 Å². The van der Waals surface area contributed by atoms with Gasteiger partial charge in [-0.15, -0.1) is 0 Å². The summed E-state index contributed by atoms with van der Waals surface area (Å²) >= 11 is 0. The van der Waals surface area contributed by atoms with Crippen molar-refractivity contribution in [1.82, 2.24) is 15.1 Å². The van der Waals surface area contributed by atoms with E-state index in [4.69, 9.17) is 4.52 Å². The van der Waals surface area contributed by atoms with Crippen LogP contribution in [0.2, 0.25) is 0 Å². The lowest BCUT2D eigenvalue weighted by molar-refractivity contribution is 0.101.